The van der Waals surface area contributed by atoms with Gasteiger partial charge in [0.05, 0.1) is 17.1 Å². The van der Waals surface area contributed by atoms with E-state index in [1.807, 2.05) is 0 Å². The first-order valence-corrected chi connectivity index (χ1v) is 6.02. The molecule has 6 nitrogen and oxygen atoms in total. The predicted octanol–water partition coefficient (Wildman–Crippen LogP) is 1.61. The summed E-state index contributed by atoms with van der Waals surface area (Å²) in [5, 5.41) is 19.7. The van der Waals surface area contributed by atoms with Crippen molar-refractivity contribution in [2.45, 2.75) is 0 Å². The Morgan fingerprint density at radius 2 is 2.15 bits per heavy atom. The van der Waals surface area contributed by atoms with Crippen LogP contribution in [0.1, 0.15) is 5.56 Å². The van der Waals surface area contributed by atoms with E-state index in [-0.39, 0.29) is 24.7 Å². The van der Waals surface area contributed by atoms with E-state index < -0.39 is 4.92 Å². The third-order valence-electron chi connectivity index (χ3n) is 2.57. The van der Waals surface area contributed by atoms with Crippen LogP contribution in [-0.2, 0) is 4.79 Å². The molecule has 6 heteroatoms. The molecular weight excluding hydrogens is 260 g/mol. The van der Waals surface area contributed by atoms with Crippen molar-refractivity contribution in [3.63, 3.8) is 0 Å². The summed E-state index contributed by atoms with van der Waals surface area (Å²) in [4.78, 5) is 23.6. The van der Waals surface area contributed by atoms with Crippen LogP contribution in [0.4, 0.5) is 5.69 Å². The average molecular weight is 276 g/mol. The molecule has 0 unspecified atom stereocenters. The van der Waals surface area contributed by atoms with Gasteiger partial charge in [0, 0.05) is 25.2 Å². The number of carbonyl (C=O) groups is 1. The molecule has 0 aliphatic carbocycles. The summed E-state index contributed by atoms with van der Waals surface area (Å²) >= 11 is 0. The van der Waals surface area contributed by atoms with Gasteiger partial charge >= 0.3 is 0 Å². The molecule has 1 amide bonds. The van der Waals surface area contributed by atoms with Crippen LogP contribution in [0.15, 0.2) is 43.0 Å². The largest absolute Gasteiger partial charge is 0.395 e. The van der Waals surface area contributed by atoms with Crippen LogP contribution in [0.25, 0.3) is 6.08 Å². The number of nitrogens with zero attached hydrogens (tertiary/aromatic N) is 2. The Labute approximate surface area is 116 Å². The van der Waals surface area contributed by atoms with Crippen LogP contribution < -0.4 is 0 Å². The Bertz CT molecular complexity index is 526. The summed E-state index contributed by atoms with van der Waals surface area (Å²) in [6, 6.07) is 6.16. The van der Waals surface area contributed by atoms with Crippen LogP contribution >= 0.6 is 0 Å². The standard InChI is InChI=1S/C14H16N2O4/c1-2-9-15(10-11-17)14(18)8-7-12-5-3-4-6-13(12)16(19)20/h2-8,17H,1,9-11H2/b8-7+. The number of nitro groups is 1. The van der Waals surface area contributed by atoms with E-state index in [4.69, 9.17) is 5.11 Å². The molecule has 0 aliphatic heterocycles. The van der Waals surface area contributed by atoms with E-state index in [0.29, 0.717) is 12.1 Å². The minimum Gasteiger partial charge on any atom is -0.395 e. The van der Waals surface area contributed by atoms with Gasteiger partial charge < -0.3 is 10.0 Å². The molecule has 0 saturated carbocycles. The van der Waals surface area contributed by atoms with E-state index in [0.717, 1.165) is 0 Å². The number of amides is 1. The molecule has 0 spiro atoms. The molecule has 0 saturated heterocycles. The van der Waals surface area contributed by atoms with Gasteiger partial charge in [-0.05, 0) is 12.1 Å². The second kappa shape index (κ2) is 7.85. The SMILES string of the molecule is C=CCN(CCO)C(=O)/C=C/c1ccccc1[N+](=O)[O-]. The number of aliphatic hydroxyl groups excluding tert-OH is 1. The van der Waals surface area contributed by atoms with E-state index in [1.165, 1.54) is 23.1 Å². The fraction of sp³-hybridized carbons (Fsp3) is 0.214. The van der Waals surface area contributed by atoms with Crippen molar-refractivity contribution in [2.75, 3.05) is 19.7 Å². The molecule has 0 heterocycles. The molecule has 106 valence electrons. The maximum Gasteiger partial charge on any atom is 0.276 e. The van der Waals surface area contributed by atoms with Crippen molar-refractivity contribution in [3.05, 3.63) is 58.7 Å². The van der Waals surface area contributed by atoms with Crippen LogP contribution in [0.2, 0.25) is 0 Å². The molecule has 1 rings (SSSR count). The van der Waals surface area contributed by atoms with Gasteiger partial charge in [0.15, 0.2) is 0 Å². The summed E-state index contributed by atoms with van der Waals surface area (Å²) in [5.41, 5.74) is 0.294. The third kappa shape index (κ3) is 4.33. The molecule has 0 fully saturated rings. The van der Waals surface area contributed by atoms with Gasteiger partial charge in [0.2, 0.25) is 5.91 Å². The van der Waals surface area contributed by atoms with Gasteiger partial charge in [-0.15, -0.1) is 6.58 Å². The lowest BCUT2D eigenvalue weighted by molar-refractivity contribution is -0.385. The number of benzene rings is 1. The van der Waals surface area contributed by atoms with E-state index in [9.17, 15) is 14.9 Å². The normalized spacial score (nSPS) is 10.4. The first kappa shape index (κ1) is 15.6. The van der Waals surface area contributed by atoms with Gasteiger partial charge in [0.25, 0.3) is 5.69 Å². The summed E-state index contributed by atoms with van der Waals surface area (Å²) in [5.74, 6) is -0.336. The minimum absolute atomic E-state index is 0.0611. The summed E-state index contributed by atoms with van der Waals surface area (Å²) < 4.78 is 0. The van der Waals surface area contributed by atoms with Gasteiger partial charge in [-0.2, -0.15) is 0 Å². The lowest BCUT2D eigenvalue weighted by Crippen LogP contribution is -2.32. The highest BCUT2D eigenvalue weighted by molar-refractivity contribution is 5.92. The maximum absolute atomic E-state index is 11.9. The first-order valence-electron chi connectivity index (χ1n) is 6.02. The van der Waals surface area contributed by atoms with Crippen LogP contribution in [-0.4, -0.2) is 40.5 Å². The minimum atomic E-state index is -0.501. The van der Waals surface area contributed by atoms with Crippen molar-refractivity contribution in [1.82, 2.24) is 4.90 Å². The summed E-state index contributed by atoms with van der Waals surface area (Å²) in [6.07, 6.45) is 4.20. The zero-order valence-electron chi connectivity index (χ0n) is 10.9. The Hall–Kier alpha value is -2.47. The Balaban J connectivity index is 2.88. The zero-order chi connectivity index (χ0) is 15.0. The van der Waals surface area contributed by atoms with Crippen molar-refractivity contribution in [3.8, 4) is 0 Å². The predicted molar refractivity (Wildman–Crippen MR) is 76.0 cm³/mol. The van der Waals surface area contributed by atoms with Crippen molar-refractivity contribution in [1.29, 1.82) is 0 Å². The quantitative estimate of drug-likeness (QED) is 0.355. The lowest BCUT2D eigenvalue weighted by Gasteiger charge is -2.17. The smallest absolute Gasteiger partial charge is 0.276 e. The Morgan fingerprint density at radius 1 is 1.45 bits per heavy atom. The number of hydrogen-bond donors (Lipinski definition) is 1. The summed E-state index contributed by atoms with van der Waals surface area (Å²) in [7, 11) is 0. The van der Waals surface area contributed by atoms with Crippen molar-refractivity contribution in [2.24, 2.45) is 0 Å². The molecular formula is C14H16N2O4. The first-order chi connectivity index (χ1) is 9.60. The van der Waals surface area contributed by atoms with E-state index in [2.05, 4.69) is 6.58 Å². The second-order valence-corrected chi connectivity index (χ2v) is 3.95. The fourth-order valence-electron chi connectivity index (χ4n) is 1.63. The van der Waals surface area contributed by atoms with Gasteiger partial charge in [-0.1, -0.05) is 18.2 Å². The molecule has 1 N–H and O–H groups in total. The topological polar surface area (TPSA) is 83.7 Å². The molecule has 1 aromatic rings. The molecule has 0 aliphatic rings. The van der Waals surface area contributed by atoms with Crippen molar-refractivity contribution >= 4 is 17.7 Å². The highest BCUT2D eigenvalue weighted by Crippen LogP contribution is 2.18. The van der Waals surface area contributed by atoms with E-state index in [1.54, 1.807) is 24.3 Å². The van der Waals surface area contributed by atoms with Crippen LogP contribution in [0.3, 0.4) is 0 Å². The molecule has 0 aromatic heterocycles. The molecule has 1 aromatic carbocycles. The number of para-hydroxylation sites is 1. The zero-order valence-corrected chi connectivity index (χ0v) is 10.9. The van der Waals surface area contributed by atoms with Gasteiger partial charge in [-0.25, -0.2) is 0 Å². The molecule has 0 radical (unpaired) electrons. The van der Waals surface area contributed by atoms with E-state index >= 15 is 0 Å². The lowest BCUT2D eigenvalue weighted by atomic mass is 10.1. The molecule has 20 heavy (non-hydrogen) atoms. The number of nitro benzene ring substituents is 1. The number of carbonyl (C=O) groups excluding carboxylic acids is 1. The number of rotatable bonds is 7. The Morgan fingerprint density at radius 3 is 2.75 bits per heavy atom. The number of aliphatic hydroxyl groups is 1. The highest BCUT2D eigenvalue weighted by atomic mass is 16.6. The van der Waals surface area contributed by atoms with Gasteiger partial charge in [-0.3, -0.25) is 14.9 Å². The molecule has 0 atom stereocenters. The van der Waals surface area contributed by atoms with Gasteiger partial charge in [0.1, 0.15) is 0 Å². The summed E-state index contributed by atoms with van der Waals surface area (Å²) in [6.45, 7) is 3.87. The third-order valence-corrected chi connectivity index (χ3v) is 2.57. The highest BCUT2D eigenvalue weighted by Gasteiger charge is 2.11. The fourth-order valence-corrected chi connectivity index (χ4v) is 1.63. The maximum atomic E-state index is 11.9. The molecule has 0 bridgehead atoms. The van der Waals surface area contributed by atoms with Crippen LogP contribution in [0.5, 0.6) is 0 Å². The monoisotopic (exact) mass is 276 g/mol. The average Bonchev–Trinajstić information content (AvgIpc) is 2.44. The van der Waals surface area contributed by atoms with Crippen molar-refractivity contribution < 1.29 is 14.8 Å². The Kier molecular flexibility index (Phi) is 6.12. The van der Waals surface area contributed by atoms with Crippen LogP contribution in [0, 0.1) is 10.1 Å². The number of hydrogen-bond acceptors (Lipinski definition) is 4. The second-order valence-electron chi connectivity index (χ2n) is 3.95.